The van der Waals surface area contributed by atoms with Gasteiger partial charge in [-0.25, -0.2) is 0 Å². The SMILES string of the molecule is CC1(C#N)CCN(Cc2cccc3ccccc23)CC1. The van der Waals surface area contributed by atoms with E-state index < -0.39 is 0 Å². The monoisotopic (exact) mass is 264 g/mol. The van der Waals surface area contributed by atoms with Crippen LogP contribution in [0, 0.1) is 16.7 Å². The largest absolute Gasteiger partial charge is 0.299 e. The van der Waals surface area contributed by atoms with Gasteiger partial charge in [0, 0.05) is 6.54 Å². The first kappa shape index (κ1) is 13.1. The smallest absolute Gasteiger partial charge is 0.0687 e. The lowest BCUT2D eigenvalue weighted by Crippen LogP contribution is -2.37. The van der Waals surface area contributed by atoms with E-state index in [4.69, 9.17) is 0 Å². The lowest BCUT2D eigenvalue weighted by atomic mass is 9.82. The summed E-state index contributed by atoms with van der Waals surface area (Å²) in [6.07, 6.45) is 1.96. The number of likely N-dealkylation sites (tertiary alicyclic amines) is 1. The van der Waals surface area contributed by atoms with Crippen LogP contribution < -0.4 is 0 Å². The fourth-order valence-electron chi connectivity index (χ4n) is 2.99. The van der Waals surface area contributed by atoms with E-state index in [-0.39, 0.29) is 5.41 Å². The van der Waals surface area contributed by atoms with Crippen LogP contribution in [0.15, 0.2) is 42.5 Å². The summed E-state index contributed by atoms with van der Waals surface area (Å²) in [7, 11) is 0. The van der Waals surface area contributed by atoms with Gasteiger partial charge in [-0.1, -0.05) is 42.5 Å². The van der Waals surface area contributed by atoms with Crippen LogP contribution in [0.5, 0.6) is 0 Å². The van der Waals surface area contributed by atoms with Gasteiger partial charge in [-0.2, -0.15) is 5.26 Å². The van der Waals surface area contributed by atoms with Crippen LogP contribution in [-0.2, 0) is 6.54 Å². The van der Waals surface area contributed by atoms with Gasteiger partial charge >= 0.3 is 0 Å². The first-order chi connectivity index (χ1) is 9.70. The number of fused-ring (bicyclic) bond motifs is 1. The maximum Gasteiger partial charge on any atom is 0.0687 e. The van der Waals surface area contributed by atoms with Crippen molar-refractivity contribution in [2.45, 2.75) is 26.3 Å². The highest BCUT2D eigenvalue weighted by Gasteiger charge is 2.29. The summed E-state index contributed by atoms with van der Waals surface area (Å²) >= 11 is 0. The molecule has 1 aliphatic rings. The van der Waals surface area contributed by atoms with E-state index in [1.807, 2.05) is 0 Å². The molecule has 0 spiro atoms. The number of nitrogens with zero attached hydrogens (tertiary/aromatic N) is 2. The summed E-state index contributed by atoms with van der Waals surface area (Å²) in [5, 5.41) is 11.9. The number of rotatable bonds is 2. The Balaban J connectivity index is 1.77. The summed E-state index contributed by atoms with van der Waals surface area (Å²) in [5.41, 5.74) is 1.28. The Bertz CT molecular complexity index is 641. The summed E-state index contributed by atoms with van der Waals surface area (Å²) in [6, 6.07) is 17.6. The molecule has 1 aliphatic heterocycles. The molecule has 3 rings (SSSR count). The molecule has 20 heavy (non-hydrogen) atoms. The van der Waals surface area contributed by atoms with E-state index in [1.54, 1.807) is 0 Å². The molecular weight excluding hydrogens is 244 g/mol. The topological polar surface area (TPSA) is 27.0 Å². The number of hydrogen-bond donors (Lipinski definition) is 0. The van der Waals surface area contributed by atoms with Gasteiger partial charge in [0.2, 0.25) is 0 Å². The predicted molar refractivity (Wildman–Crippen MR) is 82.2 cm³/mol. The Kier molecular flexibility index (Phi) is 3.46. The van der Waals surface area contributed by atoms with Crippen LogP contribution >= 0.6 is 0 Å². The molecule has 0 unspecified atom stereocenters. The minimum Gasteiger partial charge on any atom is -0.299 e. The first-order valence-corrected chi connectivity index (χ1v) is 7.30. The van der Waals surface area contributed by atoms with Crippen molar-refractivity contribution in [3.63, 3.8) is 0 Å². The van der Waals surface area contributed by atoms with Gasteiger partial charge in [-0.3, -0.25) is 4.90 Å². The fraction of sp³-hybridized carbons (Fsp3) is 0.389. The van der Waals surface area contributed by atoms with Crippen molar-refractivity contribution in [3.05, 3.63) is 48.0 Å². The van der Waals surface area contributed by atoms with Gasteiger partial charge in [0.25, 0.3) is 0 Å². The van der Waals surface area contributed by atoms with Crippen molar-refractivity contribution in [1.82, 2.24) is 4.90 Å². The molecule has 2 aromatic rings. The normalized spacial score (nSPS) is 18.8. The molecule has 0 amide bonds. The second-order valence-corrected chi connectivity index (χ2v) is 6.09. The molecule has 0 aliphatic carbocycles. The lowest BCUT2D eigenvalue weighted by Gasteiger charge is -2.35. The third-order valence-electron chi connectivity index (χ3n) is 4.50. The van der Waals surface area contributed by atoms with E-state index in [0.29, 0.717) is 0 Å². The molecule has 0 radical (unpaired) electrons. The van der Waals surface area contributed by atoms with Crippen LogP contribution in [0.1, 0.15) is 25.3 Å². The molecule has 0 aromatic heterocycles. The molecule has 0 saturated carbocycles. The minimum atomic E-state index is -0.116. The Morgan fingerprint density at radius 1 is 1.10 bits per heavy atom. The van der Waals surface area contributed by atoms with Crippen molar-refractivity contribution in [2.75, 3.05) is 13.1 Å². The van der Waals surface area contributed by atoms with Crippen LogP contribution in [0.25, 0.3) is 10.8 Å². The highest BCUT2D eigenvalue weighted by molar-refractivity contribution is 5.85. The van der Waals surface area contributed by atoms with Crippen LogP contribution in [0.4, 0.5) is 0 Å². The molecule has 0 N–H and O–H groups in total. The minimum absolute atomic E-state index is 0.116. The predicted octanol–water partition coefficient (Wildman–Crippen LogP) is 3.97. The van der Waals surface area contributed by atoms with E-state index in [1.165, 1.54) is 16.3 Å². The molecule has 1 fully saturated rings. The van der Waals surface area contributed by atoms with Crippen molar-refractivity contribution < 1.29 is 0 Å². The molecule has 2 heteroatoms. The molecule has 2 nitrogen and oxygen atoms in total. The molecule has 2 aromatic carbocycles. The third kappa shape index (κ3) is 2.55. The quantitative estimate of drug-likeness (QED) is 0.820. The lowest BCUT2D eigenvalue weighted by molar-refractivity contribution is 0.151. The first-order valence-electron chi connectivity index (χ1n) is 7.30. The van der Waals surface area contributed by atoms with Gasteiger partial charge in [0.15, 0.2) is 0 Å². The molecule has 0 bridgehead atoms. The number of hydrogen-bond acceptors (Lipinski definition) is 2. The zero-order chi connectivity index (χ0) is 14.0. The van der Waals surface area contributed by atoms with Crippen LogP contribution in [0.3, 0.4) is 0 Å². The summed E-state index contributed by atoms with van der Waals surface area (Å²) in [4.78, 5) is 2.47. The van der Waals surface area contributed by atoms with Gasteiger partial charge in [0.1, 0.15) is 0 Å². The number of piperidine rings is 1. The van der Waals surface area contributed by atoms with Gasteiger partial charge in [0.05, 0.1) is 11.5 Å². The van der Waals surface area contributed by atoms with Crippen LogP contribution in [0.2, 0.25) is 0 Å². The maximum absolute atomic E-state index is 9.20. The van der Waals surface area contributed by atoms with Gasteiger partial charge < -0.3 is 0 Å². The molecular formula is C18H20N2. The standard InChI is InChI=1S/C18H20N2/c1-18(14-19)9-11-20(12-10-18)13-16-7-4-6-15-5-2-3-8-17(15)16/h2-8H,9-13H2,1H3. The summed E-state index contributed by atoms with van der Waals surface area (Å²) in [5.74, 6) is 0. The highest BCUT2D eigenvalue weighted by atomic mass is 15.1. The highest BCUT2D eigenvalue weighted by Crippen LogP contribution is 2.31. The second kappa shape index (κ2) is 5.26. The summed E-state index contributed by atoms with van der Waals surface area (Å²) in [6.45, 7) is 5.12. The average molecular weight is 264 g/mol. The van der Waals surface area contributed by atoms with Gasteiger partial charge in [-0.05, 0) is 49.2 Å². The third-order valence-corrected chi connectivity index (χ3v) is 4.50. The Labute approximate surface area is 120 Å². The molecule has 1 saturated heterocycles. The Hall–Kier alpha value is -1.85. The second-order valence-electron chi connectivity index (χ2n) is 6.09. The van der Waals surface area contributed by atoms with Crippen molar-refractivity contribution in [1.29, 1.82) is 5.26 Å². The van der Waals surface area contributed by atoms with Gasteiger partial charge in [-0.15, -0.1) is 0 Å². The van der Waals surface area contributed by atoms with E-state index in [2.05, 4.69) is 60.4 Å². The fourth-order valence-corrected chi connectivity index (χ4v) is 2.99. The van der Waals surface area contributed by atoms with Crippen molar-refractivity contribution in [3.8, 4) is 6.07 Å². The zero-order valence-electron chi connectivity index (χ0n) is 12.0. The van der Waals surface area contributed by atoms with Crippen molar-refractivity contribution in [2.24, 2.45) is 5.41 Å². The van der Waals surface area contributed by atoms with Crippen molar-refractivity contribution >= 4 is 10.8 Å². The van der Waals surface area contributed by atoms with E-state index in [9.17, 15) is 5.26 Å². The van der Waals surface area contributed by atoms with E-state index >= 15 is 0 Å². The molecule has 1 heterocycles. The molecule has 0 atom stereocenters. The average Bonchev–Trinajstić information content (AvgIpc) is 2.50. The zero-order valence-corrected chi connectivity index (χ0v) is 12.0. The van der Waals surface area contributed by atoms with E-state index in [0.717, 1.165) is 32.5 Å². The summed E-state index contributed by atoms with van der Waals surface area (Å²) < 4.78 is 0. The maximum atomic E-state index is 9.20. The Morgan fingerprint density at radius 2 is 1.80 bits per heavy atom. The number of nitriles is 1. The molecule has 102 valence electrons. The van der Waals surface area contributed by atoms with Crippen LogP contribution in [-0.4, -0.2) is 18.0 Å². The Morgan fingerprint density at radius 3 is 2.55 bits per heavy atom. The number of benzene rings is 2.